The van der Waals surface area contributed by atoms with Gasteiger partial charge in [0.1, 0.15) is 23.3 Å². The van der Waals surface area contributed by atoms with E-state index >= 15 is 0 Å². The summed E-state index contributed by atoms with van der Waals surface area (Å²) in [6.07, 6.45) is 9.58. The molecule has 0 spiro atoms. The molecular weight excluding hydrogens is 505 g/mol. The molecule has 1 saturated carbocycles. The predicted octanol–water partition coefficient (Wildman–Crippen LogP) is 4.79. The van der Waals surface area contributed by atoms with Crippen LogP contribution in [0.2, 0.25) is 0 Å². The summed E-state index contributed by atoms with van der Waals surface area (Å²) in [4.78, 5) is 18.2. The van der Waals surface area contributed by atoms with Crippen molar-refractivity contribution in [1.29, 1.82) is 0 Å². The number of aromatic nitrogens is 5. The molecule has 2 aromatic carbocycles. The van der Waals surface area contributed by atoms with Gasteiger partial charge in [-0.3, -0.25) is 0 Å². The molecule has 4 heterocycles. The fourth-order valence-electron chi connectivity index (χ4n) is 5.48. The first-order valence-corrected chi connectivity index (χ1v) is 13.7. The number of hydrogen-bond acceptors (Lipinski definition) is 7. The lowest BCUT2D eigenvalue weighted by Crippen LogP contribution is -2.47. The van der Waals surface area contributed by atoms with E-state index in [0.717, 1.165) is 49.0 Å². The van der Waals surface area contributed by atoms with Gasteiger partial charge in [0.05, 0.1) is 0 Å². The van der Waals surface area contributed by atoms with Crippen LogP contribution >= 0.6 is 0 Å². The quantitative estimate of drug-likeness (QED) is 0.335. The van der Waals surface area contributed by atoms with Crippen molar-refractivity contribution >= 4 is 17.3 Å². The summed E-state index contributed by atoms with van der Waals surface area (Å²) < 4.78 is 15.2. The molecular formula is C31H30FN7O. The zero-order chi connectivity index (χ0) is 27.3. The van der Waals surface area contributed by atoms with Gasteiger partial charge in [0, 0.05) is 55.9 Å². The second-order valence-corrected chi connectivity index (χ2v) is 10.9. The van der Waals surface area contributed by atoms with Crippen molar-refractivity contribution in [1.82, 2.24) is 24.6 Å². The molecule has 3 aromatic heterocycles. The molecule has 1 aliphatic heterocycles. The lowest BCUT2D eigenvalue weighted by Gasteiger charge is -2.35. The van der Waals surface area contributed by atoms with Crippen LogP contribution in [-0.2, 0) is 5.60 Å². The minimum Gasteiger partial charge on any atom is -0.381 e. The molecule has 9 heteroatoms. The average molecular weight is 536 g/mol. The zero-order valence-electron chi connectivity index (χ0n) is 22.3. The highest BCUT2D eigenvalue weighted by Gasteiger charge is 2.28. The van der Waals surface area contributed by atoms with Gasteiger partial charge in [-0.2, -0.15) is 5.10 Å². The van der Waals surface area contributed by atoms with Crippen LogP contribution in [0.1, 0.15) is 42.4 Å². The van der Waals surface area contributed by atoms with E-state index in [1.54, 1.807) is 37.8 Å². The topological polar surface area (TPSA) is 82.7 Å². The first-order valence-electron chi connectivity index (χ1n) is 13.7. The third-order valence-electron chi connectivity index (χ3n) is 8.15. The Morgan fingerprint density at radius 1 is 0.825 bits per heavy atom. The Hall–Kier alpha value is -4.37. The van der Waals surface area contributed by atoms with Gasteiger partial charge in [0.2, 0.25) is 5.95 Å². The van der Waals surface area contributed by atoms with Crippen LogP contribution in [-0.4, -0.2) is 55.9 Å². The van der Waals surface area contributed by atoms with E-state index in [4.69, 9.17) is 0 Å². The second kappa shape index (κ2) is 9.67. The van der Waals surface area contributed by atoms with Crippen molar-refractivity contribution in [2.75, 3.05) is 36.0 Å². The fraction of sp³-hybridized carbons (Fsp3) is 0.290. The molecule has 0 bridgehead atoms. The lowest BCUT2D eigenvalue weighted by molar-refractivity contribution is 0.101. The van der Waals surface area contributed by atoms with Gasteiger partial charge in [-0.15, -0.1) is 0 Å². The highest BCUT2D eigenvalue weighted by Crippen LogP contribution is 2.40. The van der Waals surface area contributed by atoms with Crippen LogP contribution in [0.3, 0.4) is 0 Å². The van der Waals surface area contributed by atoms with Crippen LogP contribution in [0.25, 0.3) is 16.6 Å². The van der Waals surface area contributed by atoms with Crippen molar-refractivity contribution in [3.8, 4) is 11.1 Å². The molecule has 202 valence electrons. The maximum atomic E-state index is 13.3. The summed E-state index contributed by atoms with van der Waals surface area (Å²) in [5.41, 5.74) is 4.55. The minimum atomic E-state index is -1.32. The first kappa shape index (κ1) is 24.7. The number of benzene rings is 2. The largest absolute Gasteiger partial charge is 0.381 e. The molecule has 2 fully saturated rings. The van der Waals surface area contributed by atoms with Crippen molar-refractivity contribution in [2.24, 2.45) is 0 Å². The third-order valence-corrected chi connectivity index (χ3v) is 8.15. The maximum Gasteiger partial charge on any atom is 0.225 e. The second-order valence-electron chi connectivity index (χ2n) is 10.9. The zero-order valence-corrected chi connectivity index (χ0v) is 22.3. The van der Waals surface area contributed by atoms with Crippen LogP contribution in [0.5, 0.6) is 0 Å². The Morgan fingerprint density at radius 2 is 1.50 bits per heavy atom. The average Bonchev–Trinajstić information content (AvgIpc) is 3.75. The number of rotatable bonds is 6. The van der Waals surface area contributed by atoms with Crippen molar-refractivity contribution in [2.45, 2.75) is 31.3 Å². The third kappa shape index (κ3) is 4.56. The molecule has 1 N–H and O–H groups in total. The number of piperazine rings is 1. The summed E-state index contributed by atoms with van der Waals surface area (Å²) in [5, 5.41) is 15.5. The Bertz CT molecular complexity index is 1640. The van der Waals surface area contributed by atoms with E-state index in [2.05, 4.69) is 66.4 Å². The minimum absolute atomic E-state index is 0.344. The van der Waals surface area contributed by atoms with Crippen LogP contribution in [0.15, 0.2) is 79.5 Å². The Balaban J connectivity index is 1.05. The van der Waals surface area contributed by atoms with E-state index in [-0.39, 0.29) is 5.82 Å². The van der Waals surface area contributed by atoms with Crippen molar-refractivity contribution in [3.63, 3.8) is 0 Å². The molecule has 5 aromatic rings. The SMILES string of the molecule is CC(O)(c1ccc(F)cc1)c1cnc(N2CCN(c3ncnn4cc(-c5ccc(C6CC6)cc5)cc34)CC2)nc1. The highest BCUT2D eigenvalue weighted by molar-refractivity contribution is 5.78. The molecule has 8 nitrogen and oxygen atoms in total. The molecule has 7 rings (SSSR count). The smallest absolute Gasteiger partial charge is 0.225 e. The number of halogens is 1. The number of anilines is 2. The summed E-state index contributed by atoms with van der Waals surface area (Å²) in [7, 11) is 0. The molecule has 40 heavy (non-hydrogen) atoms. The summed E-state index contributed by atoms with van der Waals surface area (Å²) in [6, 6.07) is 16.9. The Kier molecular flexibility index (Phi) is 5.96. The van der Waals surface area contributed by atoms with E-state index < -0.39 is 5.60 Å². The summed E-state index contributed by atoms with van der Waals surface area (Å²) in [5.74, 6) is 1.94. The van der Waals surface area contributed by atoms with Crippen LogP contribution in [0.4, 0.5) is 16.2 Å². The van der Waals surface area contributed by atoms with Crippen LogP contribution < -0.4 is 9.80 Å². The van der Waals surface area contributed by atoms with E-state index in [0.29, 0.717) is 17.1 Å². The van der Waals surface area contributed by atoms with Crippen molar-refractivity contribution < 1.29 is 9.50 Å². The molecule has 1 atom stereocenters. The Morgan fingerprint density at radius 3 is 2.17 bits per heavy atom. The number of nitrogens with zero attached hydrogens (tertiary/aromatic N) is 7. The maximum absolute atomic E-state index is 13.3. The van der Waals surface area contributed by atoms with Crippen LogP contribution in [0, 0.1) is 5.82 Å². The molecule has 0 radical (unpaired) electrons. The number of fused-ring (bicyclic) bond motifs is 1. The van der Waals surface area contributed by atoms with Gasteiger partial charge in [-0.1, -0.05) is 36.4 Å². The molecule has 1 unspecified atom stereocenters. The number of hydrogen-bond donors (Lipinski definition) is 1. The molecule has 1 saturated heterocycles. The standard InChI is InChI=1S/C31H30FN7O/c1-31(40,25-8-10-27(32)11-9-25)26-17-33-30(34-18-26)38-14-12-37(13-15-38)29-28-16-24(19-39(28)36-20-35-29)23-6-4-22(5-7-23)21-2-3-21/h4-11,16-21,40H,2-3,12-15H2,1H3. The van der Waals surface area contributed by atoms with Gasteiger partial charge in [-0.25, -0.2) is 23.9 Å². The summed E-state index contributed by atoms with van der Waals surface area (Å²) >= 11 is 0. The Labute approximate surface area is 231 Å². The van der Waals surface area contributed by atoms with Gasteiger partial charge in [0.15, 0.2) is 5.82 Å². The van der Waals surface area contributed by atoms with Gasteiger partial charge in [0.25, 0.3) is 0 Å². The molecule has 2 aliphatic rings. The number of aliphatic hydroxyl groups is 1. The van der Waals surface area contributed by atoms with E-state index in [9.17, 15) is 9.50 Å². The van der Waals surface area contributed by atoms with Gasteiger partial charge >= 0.3 is 0 Å². The highest BCUT2D eigenvalue weighted by atomic mass is 19.1. The van der Waals surface area contributed by atoms with E-state index in [1.165, 1.54) is 36.1 Å². The van der Waals surface area contributed by atoms with E-state index in [1.807, 2.05) is 4.52 Å². The van der Waals surface area contributed by atoms with Gasteiger partial charge in [-0.05, 0) is 60.6 Å². The monoisotopic (exact) mass is 535 g/mol. The van der Waals surface area contributed by atoms with Gasteiger partial charge < -0.3 is 14.9 Å². The lowest BCUT2D eigenvalue weighted by atomic mass is 9.90. The summed E-state index contributed by atoms with van der Waals surface area (Å²) in [6.45, 7) is 4.67. The fourth-order valence-corrected chi connectivity index (χ4v) is 5.48. The predicted molar refractivity (Wildman–Crippen MR) is 152 cm³/mol. The normalized spacial score (nSPS) is 17.3. The first-order chi connectivity index (χ1) is 19.5. The molecule has 0 amide bonds. The molecule has 1 aliphatic carbocycles. The van der Waals surface area contributed by atoms with Crippen molar-refractivity contribution in [3.05, 3.63) is 102 Å².